The summed E-state index contributed by atoms with van der Waals surface area (Å²) in [6.45, 7) is 4.12. The molecule has 2 atom stereocenters. The summed E-state index contributed by atoms with van der Waals surface area (Å²) in [6, 6.07) is 14.4. The Hall–Kier alpha value is -2.92. The van der Waals surface area contributed by atoms with Gasteiger partial charge in [0.15, 0.2) is 0 Å². The molecule has 2 aliphatic rings. The van der Waals surface area contributed by atoms with Crippen LogP contribution < -0.4 is 4.90 Å². The molecular formula is C23H24N4O. The van der Waals surface area contributed by atoms with E-state index in [4.69, 9.17) is 0 Å². The maximum Gasteiger partial charge on any atom is 0.277 e. The first-order valence-electron chi connectivity index (χ1n) is 9.84. The van der Waals surface area contributed by atoms with Gasteiger partial charge in [0, 0.05) is 48.5 Å². The van der Waals surface area contributed by atoms with E-state index in [0.29, 0.717) is 11.6 Å². The van der Waals surface area contributed by atoms with E-state index in [1.54, 1.807) is 6.20 Å². The summed E-state index contributed by atoms with van der Waals surface area (Å²) in [7, 11) is 2.16. The zero-order valence-corrected chi connectivity index (χ0v) is 16.2. The average Bonchev–Trinajstić information content (AvgIpc) is 3.34. The monoisotopic (exact) mass is 372 g/mol. The number of nitrogens with zero attached hydrogens (tertiary/aromatic N) is 4. The molecule has 1 fully saturated rings. The van der Waals surface area contributed by atoms with Gasteiger partial charge in [-0.25, -0.2) is 0 Å². The van der Waals surface area contributed by atoms with Crippen LogP contribution in [-0.2, 0) is 0 Å². The van der Waals surface area contributed by atoms with Crippen LogP contribution in [0.25, 0.3) is 5.69 Å². The molecule has 2 unspecified atom stereocenters. The lowest BCUT2D eigenvalue weighted by Crippen LogP contribution is -2.47. The van der Waals surface area contributed by atoms with Crippen LogP contribution in [0.15, 0.2) is 61.1 Å². The fourth-order valence-electron chi connectivity index (χ4n) is 4.67. The van der Waals surface area contributed by atoms with Crippen molar-refractivity contribution in [2.45, 2.75) is 25.3 Å². The first-order chi connectivity index (χ1) is 13.6. The molecule has 3 aromatic rings. The summed E-state index contributed by atoms with van der Waals surface area (Å²) in [6.07, 6.45) is 6.66. The summed E-state index contributed by atoms with van der Waals surface area (Å²) in [5.41, 5.74) is 5.04. The fraction of sp³-hybridized carbons (Fsp3) is 0.304. The van der Waals surface area contributed by atoms with Gasteiger partial charge in [-0.2, -0.15) is 0 Å². The Balaban J connectivity index is 1.55. The standard InChI is InChI=1S/C23H24N4O/c1-16-5-6-21-18(13-16)19-15-25(2)12-8-22(19)27(21)23(28)20-14-17(7-9-24-20)26-10-3-4-11-26/h3-7,9-11,13-14,19,22H,8,12,15H2,1-2H3. The van der Waals surface area contributed by atoms with Crippen molar-refractivity contribution in [3.63, 3.8) is 0 Å². The normalized spacial score (nSPS) is 21.4. The minimum absolute atomic E-state index is 0.00355. The second-order valence-corrected chi connectivity index (χ2v) is 7.95. The number of aryl methyl sites for hydroxylation is 1. The van der Waals surface area contributed by atoms with Gasteiger partial charge in [-0.3, -0.25) is 9.78 Å². The molecule has 0 bridgehead atoms. The summed E-state index contributed by atoms with van der Waals surface area (Å²) in [4.78, 5) is 22.4. The van der Waals surface area contributed by atoms with E-state index < -0.39 is 0 Å². The number of fused-ring (bicyclic) bond motifs is 3. The molecule has 0 aliphatic carbocycles. The Bertz CT molecular complexity index is 1030. The van der Waals surface area contributed by atoms with Crippen LogP contribution in [0, 0.1) is 6.92 Å². The van der Waals surface area contributed by atoms with E-state index in [1.807, 2.05) is 46.1 Å². The number of carbonyl (C=O) groups is 1. The van der Waals surface area contributed by atoms with Crippen molar-refractivity contribution in [3.05, 3.63) is 77.9 Å². The number of benzene rings is 1. The van der Waals surface area contributed by atoms with Crippen LogP contribution in [0.3, 0.4) is 0 Å². The van der Waals surface area contributed by atoms with Gasteiger partial charge in [0.25, 0.3) is 5.91 Å². The third kappa shape index (κ3) is 2.74. The zero-order valence-electron chi connectivity index (χ0n) is 16.2. The molecular weight excluding hydrogens is 348 g/mol. The van der Waals surface area contributed by atoms with Crippen molar-refractivity contribution in [2.75, 3.05) is 25.0 Å². The number of rotatable bonds is 2. The molecule has 142 valence electrons. The first kappa shape index (κ1) is 17.2. The summed E-state index contributed by atoms with van der Waals surface area (Å²) < 4.78 is 2.00. The number of likely N-dealkylation sites (N-methyl/N-ethyl adjacent to an activating group) is 1. The lowest BCUT2D eigenvalue weighted by atomic mass is 9.89. The van der Waals surface area contributed by atoms with Crippen LogP contribution in [-0.4, -0.2) is 46.5 Å². The molecule has 0 saturated carbocycles. The largest absolute Gasteiger partial charge is 0.324 e. The second kappa shape index (κ2) is 6.60. The number of aromatic nitrogens is 2. The topological polar surface area (TPSA) is 41.4 Å². The molecule has 0 spiro atoms. The Morgan fingerprint density at radius 2 is 1.96 bits per heavy atom. The number of piperidine rings is 1. The zero-order chi connectivity index (χ0) is 19.3. The van der Waals surface area contributed by atoms with E-state index >= 15 is 0 Å². The predicted molar refractivity (Wildman–Crippen MR) is 110 cm³/mol. The molecule has 28 heavy (non-hydrogen) atoms. The highest BCUT2D eigenvalue weighted by molar-refractivity contribution is 6.07. The molecule has 1 aromatic carbocycles. The Morgan fingerprint density at radius 3 is 2.79 bits per heavy atom. The van der Waals surface area contributed by atoms with Gasteiger partial charge in [0.2, 0.25) is 0 Å². The molecule has 1 saturated heterocycles. The molecule has 4 heterocycles. The number of carbonyl (C=O) groups excluding carboxylic acids is 1. The van der Waals surface area contributed by atoms with Crippen LogP contribution in [0.5, 0.6) is 0 Å². The van der Waals surface area contributed by atoms with Crippen LogP contribution >= 0.6 is 0 Å². The molecule has 2 aliphatic heterocycles. The lowest BCUT2D eigenvalue weighted by molar-refractivity contribution is 0.0960. The molecule has 5 rings (SSSR count). The lowest BCUT2D eigenvalue weighted by Gasteiger charge is -2.36. The van der Waals surface area contributed by atoms with Gasteiger partial charge >= 0.3 is 0 Å². The number of likely N-dealkylation sites (tertiary alicyclic amines) is 1. The van der Waals surface area contributed by atoms with E-state index in [1.165, 1.54) is 11.1 Å². The van der Waals surface area contributed by atoms with Gasteiger partial charge in [0.1, 0.15) is 5.69 Å². The third-order valence-corrected chi connectivity index (χ3v) is 6.04. The molecule has 1 amide bonds. The second-order valence-electron chi connectivity index (χ2n) is 7.95. The SMILES string of the molecule is Cc1ccc2c(c1)C1CN(C)CCC1N2C(=O)c1cc(-n2cccc2)ccn1. The van der Waals surface area contributed by atoms with E-state index in [-0.39, 0.29) is 11.9 Å². The molecule has 2 aromatic heterocycles. The minimum atomic E-state index is -0.00355. The number of anilines is 1. The number of amides is 1. The van der Waals surface area contributed by atoms with Crippen LogP contribution in [0.2, 0.25) is 0 Å². The third-order valence-electron chi connectivity index (χ3n) is 6.04. The highest BCUT2D eigenvalue weighted by Gasteiger charge is 2.44. The summed E-state index contributed by atoms with van der Waals surface area (Å²) in [5.74, 6) is 0.362. The smallest absolute Gasteiger partial charge is 0.277 e. The van der Waals surface area contributed by atoms with E-state index in [0.717, 1.165) is 30.9 Å². The van der Waals surface area contributed by atoms with E-state index in [2.05, 4.69) is 42.1 Å². The maximum atomic E-state index is 13.6. The van der Waals surface area contributed by atoms with Crippen LogP contribution in [0.1, 0.15) is 34.0 Å². The van der Waals surface area contributed by atoms with Crippen LogP contribution in [0.4, 0.5) is 5.69 Å². The summed E-state index contributed by atoms with van der Waals surface area (Å²) >= 11 is 0. The Morgan fingerprint density at radius 1 is 1.14 bits per heavy atom. The fourth-order valence-corrected chi connectivity index (χ4v) is 4.67. The molecule has 5 nitrogen and oxygen atoms in total. The summed E-state index contributed by atoms with van der Waals surface area (Å²) in [5, 5.41) is 0. The Kier molecular flexibility index (Phi) is 4.05. The van der Waals surface area contributed by atoms with Gasteiger partial charge in [-0.15, -0.1) is 0 Å². The quantitative estimate of drug-likeness (QED) is 0.690. The molecule has 0 N–H and O–H groups in total. The van der Waals surface area contributed by atoms with Gasteiger partial charge in [0.05, 0.1) is 0 Å². The average molecular weight is 372 g/mol. The Labute approximate surface area is 165 Å². The first-order valence-corrected chi connectivity index (χ1v) is 9.84. The maximum absolute atomic E-state index is 13.6. The van der Waals surface area contributed by atoms with E-state index in [9.17, 15) is 4.79 Å². The van der Waals surface area contributed by atoms with Crippen molar-refractivity contribution in [1.82, 2.24) is 14.5 Å². The number of hydrogen-bond acceptors (Lipinski definition) is 3. The highest BCUT2D eigenvalue weighted by Crippen LogP contribution is 2.45. The van der Waals surface area contributed by atoms with Crippen molar-refractivity contribution in [2.24, 2.45) is 0 Å². The van der Waals surface area contributed by atoms with Crippen molar-refractivity contribution >= 4 is 11.6 Å². The van der Waals surface area contributed by atoms with Gasteiger partial charge in [-0.05, 0) is 62.8 Å². The van der Waals surface area contributed by atoms with Crippen molar-refractivity contribution in [3.8, 4) is 5.69 Å². The van der Waals surface area contributed by atoms with Gasteiger partial charge in [-0.1, -0.05) is 17.7 Å². The van der Waals surface area contributed by atoms with Gasteiger partial charge < -0.3 is 14.4 Å². The van der Waals surface area contributed by atoms with Crippen molar-refractivity contribution < 1.29 is 4.79 Å². The molecule has 5 heteroatoms. The number of pyridine rings is 1. The number of hydrogen-bond donors (Lipinski definition) is 0. The van der Waals surface area contributed by atoms with Crippen molar-refractivity contribution in [1.29, 1.82) is 0 Å². The predicted octanol–water partition coefficient (Wildman–Crippen LogP) is 3.63. The molecule has 0 radical (unpaired) electrons. The minimum Gasteiger partial charge on any atom is -0.324 e. The highest BCUT2D eigenvalue weighted by atomic mass is 16.2.